The zero-order valence-electron chi connectivity index (χ0n) is 19.1. The highest BCUT2D eigenvalue weighted by molar-refractivity contribution is 5.86. The van der Waals surface area contributed by atoms with Crippen LogP contribution in [0.3, 0.4) is 0 Å². The Balaban J connectivity index is 2.12. The molecule has 0 saturated carbocycles. The van der Waals surface area contributed by atoms with Crippen LogP contribution in [-0.2, 0) is 22.6 Å². The molecule has 0 fully saturated rings. The average Bonchev–Trinajstić information content (AvgIpc) is 2.65. The van der Waals surface area contributed by atoms with Crippen molar-refractivity contribution >= 4 is 12.0 Å². The number of ether oxygens (including phenoxy) is 1. The molecular weight excluding hydrogens is 397 g/mol. The maximum Gasteiger partial charge on any atom is 0.408 e. The lowest BCUT2D eigenvalue weighted by Gasteiger charge is -2.23. The number of nitrogens with zero attached hydrogens (tertiary/aromatic N) is 1. The van der Waals surface area contributed by atoms with Gasteiger partial charge in [-0.25, -0.2) is 9.18 Å². The fraction of sp³-hybridized carbons (Fsp3) is 0.417. The SMILES string of the molecule is Cc1ccc([C@@H](NC(=O)OC(C)(C)C)C(=O)NCc2ccc(CN(C)C)c(F)c2)cc1. The first kappa shape index (κ1) is 24.3. The summed E-state index contributed by atoms with van der Waals surface area (Å²) >= 11 is 0. The number of hydrogen-bond acceptors (Lipinski definition) is 4. The number of carbonyl (C=O) groups excluding carboxylic acids is 2. The van der Waals surface area contributed by atoms with Crippen LogP contribution in [0.1, 0.15) is 49.1 Å². The first-order chi connectivity index (χ1) is 14.4. The van der Waals surface area contributed by atoms with Crippen LogP contribution in [-0.4, -0.2) is 36.6 Å². The molecule has 7 heteroatoms. The predicted octanol–water partition coefficient (Wildman–Crippen LogP) is 4.08. The molecule has 0 radical (unpaired) electrons. The van der Waals surface area contributed by atoms with Gasteiger partial charge in [0.25, 0.3) is 0 Å². The van der Waals surface area contributed by atoms with E-state index in [1.807, 2.05) is 38.1 Å². The Morgan fingerprint density at radius 3 is 2.29 bits per heavy atom. The molecule has 0 unspecified atom stereocenters. The van der Waals surface area contributed by atoms with Gasteiger partial charge in [0.15, 0.2) is 0 Å². The first-order valence-corrected chi connectivity index (χ1v) is 10.2. The minimum Gasteiger partial charge on any atom is -0.444 e. The van der Waals surface area contributed by atoms with Crippen LogP contribution >= 0.6 is 0 Å². The highest BCUT2D eigenvalue weighted by Gasteiger charge is 2.25. The molecule has 1 atom stereocenters. The zero-order valence-corrected chi connectivity index (χ0v) is 19.1. The highest BCUT2D eigenvalue weighted by Crippen LogP contribution is 2.17. The van der Waals surface area contributed by atoms with E-state index in [1.54, 1.807) is 45.0 Å². The topological polar surface area (TPSA) is 70.7 Å². The molecule has 0 aliphatic heterocycles. The van der Waals surface area contributed by atoms with Crippen molar-refractivity contribution in [2.24, 2.45) is 0 Å². The third-order valence-electron chi connectivity index (χ3n) is 4.40. The Morgan fingerprint density at radius 2 is 1.74 bits per heavy atom. The fourth-order valence-corrected chi connectivity index (χ4v) is 2.95. The number of benzene rings is 2. The predicted molar refractivity (Wildman–Crippen MR) is 119 cm³/mol. The summed E-state index contributed by atoms with van der Waals surface area (Å²) in [5.74, 6) is -0.727. The third-order valence-corrected chi connectivity index (χ3v) is 4.40. The van der Waals surface area contributed by atoms with Gasteiger partial charge < -0.3 is 20.3 Å². The Bertz CT molecular complexity index is 905. The van der Waals surface area contributed by atoms with Crippen LogP contribution in [0.2, 0.25) is 0 Å². The molecule has 2 amide bonds. The van der Waals surface area contributed by atoms with E-state index in [1.165, 1.54) is 6.07 Å². The number of rotatable bonds is 7. The van der Waals surface area contributed by atoms with Gasteiger partial charge in [0.05, 0.1) is 0 Å². The van der Waals surface area contributed by atoms with Crippen LogP contribution in [0.15, 0.2) is 42.5 Å². The summed E-state index contributed by atoms with van der Waals surface area (Å²) in [6, 6.07) is 11.3. The molecule has 0 bridgehead atoms. The second-order valence-electron chi connectivity index (χ2n) is 8.87. The molecule has 0 saturated heterocycles. The minimum absolute atomic E-state index is 0.135. The summed E-state index contributed by atoms with van der Waals surface area (Å²) in [5.41, 5.74) is 2.19. The number of halogens is 1. The second-order valence-corrected chi connectivity index (χ2v) is 8.87. The Hall–Kier alpha value is -2.93. The molecule has 6 nitrogen and oxygen atoms in total. The van der Waals surface area contributed by atoms with Gasteiger partial charge >= 0.3 is 6.09 Å². The van der Waals surface area contributed by atoms with Crippen molar-refractivity contribution in [1.29, 1.82) is 0 Å². The molecule has 31 heavy (non-hydrogen) atoms. The Kier molecular flexibility index (Phi) is 8.16. The van der Waals surface area contributed by atoms with E-state index in [0.717, 1.165) is 5.56 Å². The average molecular weight is 430 g/mol. The lowest BCUT2D eigenvalue weighted by molar-refractivity contribution is -0.123. The van der Waals surface area contributed by atoms with Crippen LogP contribution < -0.4 is 10.6 Å². The molecule has 0 aliphatic rings. The number of nitrogens with one attached hydrogen (secondary N) is 2. The van der Waals surface area contributed by atoms with Gasteiger partial charge in [0.2, 0.25) is 5.91 Å². The van der Waals surface area contributed by atoms with Gasteiger partial charge in [0.1, 0.15) is 17.5 Å². The van der Waals surface area contributed by atoms with Crippen LogP contribution in [0.25, 0.3) is 0 Å². The fourth-order valence-electron chi connectivity index (χ4n) is 2.95. The number of amides is 2. The largest absolute Gasteiger partial charge is 0.444 e. The third kappa shape index (κ3) is 8.02. The molecule has 168 valence electrons. The summed E-state index contributed by atoms with van der Waals surface area (Å²) in [5, 5.41) is 5.42. The van der Waals surface area contributed by atoms with Crippen molar-refractivity contribution in [2.75, 3.05) is 14.1 Å². The molecule has 2 rings (SSSR count). The van der Waals surface area contributed by atoms with Crippen molar-refractivity contribution in [2.45, 2.75) is 52.4 Å². The Morgan fingerprint density at radius 1 is 1.10 bits per heavy atom. The number of alkyl carbamates (subject to hydrolysis) is 1. The molecule has 2 aromatic rings. The van der Waals surface area contributed by atoms with E-state index >= 15 is 0 Å². The summed E-state index contributed by atoms with van der Waals surface area (Å²) in [6.45, 7) is 7.82. The highest BCUT2D eigenvalue weighted by atomic mass is 19.1. The van der Waals surface area contributed by atoms with Crippen molar-refractivity contribution in [3.8, 4) is 0 Å². The van der Waals surface area contributed by atoms with E-state index in [2.05, 4.69) is 10.6 Å². The maximum atomic E-state index is 14.3. The van der Waals surface area contributed by atoms with Crippen molar-refractivity contribution in [1.82, 2.24) is 15.5 Å². The van der Waals surface area contributed by atoms with Crippen LogP contribution in [0.4, 0.5) is 9.18 Å². The maximum absolute atomic E-state index is 14.3. The lowest BCUT2D eigenvalue weighted by atomic mass is 10.0. The van der Waals surface area contributed by atoms with Crippen LogP contribution in [0, 0.1) is 12.7 Å². The van der Waals surface area contributed by atoms with Gasteiger partial charge in [-0.1, -0.05) is 42.0 Å². The first-order valence-electron chi connectivity index (χ1n) is 10.2. The number of carbonyl (C=O) groups is 2. The molecule has 0 heterocycles. The molecule has 0 aliphatic carbocycles. The molecule has 2 N–H and O–H groups in total. The molecule has 2 aromatic carbocycles. The monoisotopic (exact) mass is 429 g/mol. The van der Waals surface area contributed by atoms with Gasteiger partial charge in [0, 0.05) is 18.7 Å². The van der Waals surface area contributed by atoms with Crippen molar-refractivity contribution < 1.29 is 18.7 Å². The standard InChI is InChI=1S/C24H32FN3O3/c1-16-7-10-18(11-8-16)21(27-23(30)31-24(2,3)4)22(29)26-14-17-9-12-19(15-28(5)6)20(25)13-17/h7-13,21H,14-15H2,1-6H3,(H,26,29)(H,27,30)/t21-/m1/s1. The second kappa shape index (κ2) is 10.4. The quantitative estimate of drug-likeness (QED) is 0.696. The van der Waals surface area contributed by atoms with Gasteiger partial charge in [-0.05, 0) is 59.0 Å². The smallest absolute Gasteiger partial charge is 0.408 e. The normalized spacial score (nSPS) is 12.4. The van der Waals surface area contributed by atoms with Gasteiger partial charge in [-0.2, -0.15) is 0 Å². The molecule has 0 spiro atoms. The molecule has 0 aromatic heterocycles. The summed E-state index contributed by atoms with van der Waals surface area (Å²) in [7, 11) is 3.74. The zero-order chi connectivity index (χ0) is 23.2. The van der Waals surface area contributed by atoms with Crippen LogP contribution in [0.5, 0.6) is 0 Å². The minimum atomic E-state index is -0.937. The lowest BCUT2D eigenvalue weighted by Crippen LogP contribution is -2.42. The van der Waals surface area contributed by atoms with Gasteiger partial charge in [-0.3, -0.25) is 4.79 Å². The summed E-state index contributed by atoms with van der Waals surface area (Å²) in [6.07, 6.45) is -0.688. The van der Waals surface area contributed by atoms with E-state index in [9.17, 15) is 14.0 Å². The Labute approximate surface area is 183 Å². The van der Waals surface area contributed by atoms with E-state index in [4.69, 9.17) is 4.74 Å². The summed E-state index contributed by atoms with van der Waals surface area (Å²) < 4.78 is 19.6. The van der Waals surface area contributed by atoms with E-state index in [-0.39, 0.29) is 12.4 Å². The molecular formula is C24H32FN3O3. The van der Waals surface area contributed by atoms with Crippen molar-refractivity contribution in [3.63, 3.8) is 0 Å². The van der Waals surface area contributed by atoms with E-state index < -0.39 is 23.6 Å². The van der Waals surface area contributed by atoms with Gasteiger partial charge in [-0.15, -0.1) is 0 Å². The number of hydrogen-bond donors (Lipinski definition) is 2. The van der Waals surface area contributed by atoms with Crippen molar-refractivity contribution in [3.05, 3.63) is 70.5 Å². The summed E-state index contributed by atoms with van der Waals surface area (Å²) in [4.78, 5) is 27.1. The van der Waals surface area contributed by atoms with E-state index in [0.29, 0.717) is 23.2 Å². The number of aryl methyl sites for hydroxylation is 1.